The van der Waals surface area contributed by atoms with Gasteiger partial charge in [-0.15, -0.1) is 0 Å². The molecule has 1 aliphatic rings. The monoisotopic (exact) mass is 333 g/mol. The van der Waals surface area contributed by atoms with Crippen LogP contribution in [0.2, 0.25) is 0 Å². The predicted octanol–water partition coefficient (Wildman–Crippen LogP) is 1.87. The zero-order valence-electron chi connectivity index (χ0n) is 14.7. The van der Waals surface area contributed by atoms with Crippen LogP contribution in [0.5, 0.6) is 5.75 Å². The number of hydrogen-bond donors (Lipinski definition) is 2. The van der Waals surface area contributed by atoms with Gasteiger partial charge in [-0.3, -0.25) is 9.59 Å². The third-order valence-corrected chi connectivity index (χ3v) is 4.35. The Morgan fingerprint density at radius 1 is 1.42 bits per heavy atom. The van der Waals surface area contributed by atoms with E-state index in [1.165, 1.54) is 0 Å². The number of rotatable bonds is 6. The van der Waals surface area contributed by atoms with Crippen molar-refractivity contribution < 1.29 is 14.3 Å². The van der Waals surface area contributed by atoms with Crippen molar-refractivity contribution in [1.29, 1.82) is 0 Å². The summed E-state index contributed by atoms with van der Waals surface area (Å²) in [6, 6.07) is 7.53. The molecule has 1 aromatic rings. The van der Waals surface area contributed by atoms with Gasteiger partial charge in [0.15, 0.2) is 0 Å². The van der Waals surface area contributed by atoms with E-state index in [9.17, 15) is 9.59 Å². The number of benzene rings is 1. The lowest BCUT2D eigenvalue weighted by atomic mass is 9.92. The Morgan fingerprint density at radius 3 is 2.88 bits per heavy atom. The number of ether oxygens (including phenoxy) is 1. The third-order valence-electron chi connectivity index (χ3n) is 4.35. The molecule has 0 saturated carbocycles. The standard InChI is InChI=1S/C18H27N3O3/c1-4-21(18(23)14-8-9-19-13(2)10-14)12-17(22)20-15-6-5-7-16(11-15)24-3/h5-7,11,13-14,19H,4,8-10,12H2,1-3H3,(H,20,22)/t13-,14-/m0/s1. The Morgan fingerprint density at radius 2 is 2.21 bits per heavy atom. The van der Waals surface area contributed by atoms with Gasteiger partial charge in [0.1, 0.15) is 5.75 Å². The number of amides is 2. The fourth-order valence-electron chi connectivity index (χ4n) is 3.03. The van der Waals surface area contributed by atoms with Crippen molar-refractivity contribution in [2.75, 3.05) is 32.1 Å². The summed E-state index contributed by atoms with van der Waals surface area (Å²) in [5.74, 6) is 0.567. The molecule has 1 fully saturated rings. The summed E-state index contributed by atoms with van der Waals surface area (Å²) in [6.45, 7) is 5.45. The maximum absolute atomic E-state index is 12.7. The number of carbonyl (C=O) groups is 2. The molecule has 2 rings (SSSR count). The van der Waals surface area contributed by atoms with E-state index in [0.29, 0.717) is 24.0 Å². The second-order valence-electron chi connectivity index (χ2n) is 6.21. The Labute approximate surface area is 143 Å². The predicted molar refractivity (Wildman–Crippen MR) is 94.1 cm³/mol. The molecule has 0 radical (unpaired) electrons. The SMILES string of the molecule is CCN(CC(=O)Nc1cccc(OC)c1)C(=O)[C@H]1CCN[C@@H](C)C1. The molecule has 0 aliphatic carbocycles. The first-order valence-corrected chi connectivity index (χ1v) is 8.49. The van der Waals surface area contributed by atoms with E-state index < -0.39 is 0 Å². The topological polar surface area (TPSA) is 70.7 Å². The van der Waals surface area contributed by atoms with Crippen LogP contribution in [-0.2, 0) is 9.59 Å². The van der Waals surface area contributed by atoms with E-state index in [-0.39, 0.29) is 24.3 Å². The van der Waals surface area contributed by atoms with Crippen molar-refractivity contribution in [3.8, 4) is 5.75 Å². The minimum absolute atomic E-state index is 0.00539. The van der Waals surface area contributed by atoms with Gasteiger partial charge in [0, 0.05) is 30.3 Å². The molecule has 6 heteroatoms. The van der Waals surface area contributed by atoms with Crippen molar-refractivity contribution in [1.82, 2.24) is 10.2 Å². The first-order valence-electron chi connectivity index (χ1n) is 8.49. The van der Waals surface area contributed by atoms with Gasteiger partial charge in [0.25, 0.3) is 0 Å². The molecule has 0 aromatic heterocycles. The van der Waals surface area contributed by atoms with Gasteiger partial charge in [-0.05, 0) is 45.4 Å². The van der Waals surface area contributed by atoms with E-state index in [0.717, 1.165) is 19.4 Å². The van der Waals surface area contributed by atoms with Crippen molar-refractivity contribution in [3.05, 3.63) is 24.3 Å². The quantitative estimate of drug-likeness (QED) is 0.834. The Bertz CT molecular complexity index is 576. The molecule has 6 nitrogen and oxygen atoms in total. The molecule has 2 N–H and O–H groups in total. The summed E-state index contributed by atoms with van der Waals surface area (Å²) in [4.78, 5) is 26.6. The molecule has 2 amide bonds. The molecule has 24 heavy (non-hydrogen) atoms. The van der Waals surface area contributed by atoms with Gasteiger partial charge in [0.05, 0.1) is 13.7 Å². The lowest BCUT2D eigenvalue weighted by Crippen LogP contribution is -2.46. The van der Waals surface area contributed by atoms with Crippen LogP contribution in [0.4, 0.5) is 5.69 Å². The minimum atomic E-state index is -0.194. The van der Waals surface area contributed by atoms with Crippen LogP contribution >= 0.6 is 0 Å². The van der Waals surface area contributed by atoms with Crippen molar-refractivity contribution >= 4 is 17.5 Å². The molecular weight excluding hydrogens is 306 g/mol. The summed E-state index contributed by atoms with van der Waals surface area (Å²) in [5, 5.41) is 6.17. The fraction of sp³-hybridized carbons (Fsp3) is 0.556. The van der Waals surface area contributed by atoms with Crippen LogP contribution < -0.4 is 15.4 Å². The highest BCUT2D eigenvalue weighted by Gasteiger charge is 2.28. The zero-order chi connectivity index (χ0) is 17.5. The van der Waals surface area contributed by atoms with Gasteiger partial charge >= 0.3 is 0 Å². The fourth-order valence-corrected chi connectivity index (χ4v) is 3.03. The highest BCUT2D eigenvalue weighted by atomic mass is 16.5. The van der Waals surface area contributed by atoms with Crippen LogP contribution in [0, 0.1) is 5.92 Å². The summed E-state index contributed by atoms with van der Waals surface area (Å²) >= 11 is 0. The summed E-state index contributed by atoms with van der Waals surface area (Å²) in [5.41, 5.74) is 0.665. The number of piperidine rings is 1. The van der Waals surface area contributed by atoms with E-state index in [4.69, 9.17) is 4.74 Å². The molecule has 0 unspecified atom stereocenters. The van der Waals surface area contributed by atoms with Gasteiger partial charge in [0.2, 0.25) is 11.8 Å². The largest absolute Gasteiger partial charge is 0.497 e. The van der Waals surface area contributed by atoms with E-state index in [1.807, 2.05) is 19.1 Å². The normalized spacial score (nSPS) is 20.3. The Balaban J connectivity index is 1.93. The first kappa shape index (κ1) is 18.3. The molecule has 2 atom stereocenters. The number of hydrogen-bond acceptors (Lipinski definition) is 4. The number of likely N-dealkylation sites (N-methyl/N-ethyl adjacent to an activating group) is 1. The van der Waals surface area contributed by atoms with Crippen molar-refractivity contribution in [2.24, 2.45) is 5.92 Å². The van der Waals surface area contributed by atoms with Crippen molar-refractivity contribution in [2.45, 2.75) is 32.7 Å². The molecular formula is C18H27N3O3. The smallest absolute Gasteiger partial charge is 0.243 e. The Hall–Kier alpha value is -2.08. The van der Waals surface area contributed by atoms with Crippen LogP contribution in [0.15, 0.2) is 24.3 Å². The number of carbonyl (C=O) groups excluding carboxylic acids is 2. The van der Waals surface area contributed by atoms with Gasteiger partial charge < -0.3 is 20.3 Å². The Kier molecular flexibility index (Phi) is 6.61. The zero-order valence-corrected chi connectivity index (χ0v) is 14.7. The summed E-state index contributed by atoms with van der Waals surface area (Å²) in [7, 11) is 1.58. The highest BCUT2D eigenvalue weighted by molar-refractivity contribution is 5.95. The maximum Gasteiger partial charge on any atom is 0.243 e. The number of methoxy groups -OCH3 is 1. The van der Waals surface area contributed by atoms with Crippen molar-refractivity contribution in [3.63, 3.8) is 0 Å². The first-order chi connectivity index (χ1) is 11.5. The number of anilines is 1. The molecule has 0 spiro atoms. The van der Waals surface area contributed by atoms with E-state index in [1.54, 1.807) is 24.1 Å². The lowest BCUT2D eigenvalue weighted by Gasteiger charge is -2.31. The number of nitrogens with zero attached hydrogens (tertiary/aromatic N) is 1. The van der Waals surface area contributed by atoms with Gasteiger partial charge in [-0.2, -0.15) is 0 Å². The average Bonchev–Trinajstić information content (AvgIpc) is 2.59. The van der Waals surface area contributed by atoms with Gasteiger partial charge in [-0.1, -0.05) is 6.07 Å². The highest BCUT2D eigenvalue weighted by Crippen LogP contribution is 2.19. The van der Waals surface area contributed by atoms with E-state index in [2.05, 4.69) is 17.6 Å². The molecule has 0 bridgehead atoms. The molecule has 1 heterocycles. The summed E-state index contributed by atoms with van der Waals surface area (Å²) in [6.07, 6.45) is 1.66. The molecule has 1 aliphatic heterocycles. The van der Waals surface area contributed by atoms with Crippen LogP contribution in [0.25, 0.3) is 0 Å². The van der Waals surface area contributed by atoms with Crippen LogP contribution in [-0.4, -0.2) is 49.5 Å². The molecule has 1 aromatic carbocycles. The lowest BCUT2D eigenvalue weighted by molar-refractivity contribution is -0.139. The number of nitrogens with one attached hydrogen (secondary N) is 2. The second-order valence-corrected chi connectivity index (χ2v) is 6.21. The maximum atomic E-state index is 12.7. The van der Waals surface area contributed by atoms with E-state index >= 15 is 0 Å². The van der Waals surface area contributed by atoms with Gasteiger partial charge in [-0.25, -0.2) is 0 Å². The molecule has 132 valence electrons. The third kappa shape index (κ3) is 4.96. The minimum Gasteiger partial charge on any atom is -0.497 e. The van der Waals surface area contributed by atoms with Crippen LogP contribution in [0.1, 0.15) is 26.7 Å². The molecule has 1 saturated heterocycles. The van der Waals surface area contributed by atoms with Crippen LogP contribution in [0.3, 0.4) is 0 Å². The second kappa shape index (κ2) is 8.68. The summed E-state index contributed by atoms with van der Waals surface area (Å²) < 4.78 is 5.14. The average molecular weight is 333 g/mol.